The van der Waals surface area contributed by atoms with Gasteiger partial charge in [0.2, 0.25) is 11.0 Å². The topological polar surface area (TPSA) is 80.9 Å². The monoisotopic (exact) mass is 228 g/mol. The summed E-state index contributed by atoms with van der Waals surface area (Å²) in [6, 6.07) is -0.450. The van der Waals surface area contributed by atoms with E-state index in [1.807, 2.05) is 0 Å². The van der Waals surface area contributed by atoms with E-state index in [0.717, 1.165) is 12.8 Å². The van der Waals surface area contributed by atoms with Crippen LogP contribution in [0.3, 0.4) is 0 Å². The first-order valence-corrected chi connectivity index (χ1v) is 5.77. The highest BCUT2D eigenvalue weighted by Gasteiger charge is 2.14. The summed E-state index contributed by atoms with van der Waals surface area (Å²) in [6.07, 6.45) is 2.71. The van der Waals surface area contributed by atoms with Gasteiger partial charge in [0.25, 0.3) is 0 Å². The van der Waals surface area contributed by atoms with Crippen LogP contribution in [0.4, 0.5) is 5.13 Å². The predicted molar refractivity (Wildman–Crippen MR) is 60.8 cm³/mol. The Morgan fingerprint density at radius 1 is 1.67 bits per heavy atom. The average Bonchev–Trinajstić information content (AvgIpc) is 2.60. The maximum Gasteiger partial charge on any atom is 0.243 e. The molecule has 0 bridgehead atoms. The second kappa shape index (κ2) is 5.77. The smallest absolute Gasteiger partial charge is 0.243 e. The molecule has 1 aromatic heterocycles. The number of amides is 1. The highest BCUT2D eigenvalue weighted by atomic mass is 32.1. The minimum absolute atomic E-state index is 0.181. The molecular weight excluding hydrogens is 212 g/mol. The van der Waals surface area contributed by atoms with Crippen molar-refractivity contribution in [2.75, 3.05) is 5.32 Å². The van der Waals surface area contributed by atoms with E-state index < -0.39 is 6.04 Å². The van der Waals surface area contributed by atoms with Gasteiger partial charge in [0.1, 0.15) is 5.82 Å². The SMILES string of the molecule is CCCCC(N)C(=O)Nc1nc(C)ns1. The number of unbranched alkanes of at least 4 members (excludes halogenated alkanes) is 1. The van der Waals surface area contributed by atoms with Gasteiger partial charge in [-0.1, -0.05) is 19.8 Å². The Bertz CT molecular complexity index is 326. The molecule has 6 heteroatoms. The van der Waals surface area contributed by atoms with E-state index in [9.17, 15) is 4.79 Å². The van der Waals surface area contributed by atoms with Gasteiger partial charge < -0.3 is 5.73 Å². The first kappa shape index (κ1) is 12.1. The van der Waals surface area contributed by atoms with Crippen molar-refractivity contribution in [3.63, 3.8) is 0 Å². The second-order valence-electron chi connectivity index (χ2n) is 3.38. The van der Waals surface area contributed by atoms with Gasteiger partial charge in [-0.15, -0.1) is 0 Å². The van der Waals surface area contributed by atoms with Gasteiger partial charge in [-0.3, -0.25) is 10.1 Å². The summed E-state index contributed by atoms with van der Waals surface area (Å²) in [6.45, 7) is 3.85. The molecule has 0 aliphatic carbocycles. The number of carbonyl (C=O) groups is 1. The van der Waals surface area contributed by atoms with Crippen molar-refractivity contribution in [3.8, 4) is 0 Å². The summed E-state index contributed by atoms with van der Waals surface area (Å²) < 4.78 is 3.97. The molecule has 3 N–H and O–H groups in total. The number of aromatic nitrogens is 2. The Balaban J connectivity index is 2.41. The second-order valence-corrected chi connectivity index (χ2v) is 4.14. The average molecular weight is 228 g/mol. The summed E-state index contributed by atoms with van der Waals surface area (Å²) in [5.41, 5.74) is 5.70. The largest absolute Gasteiger partial charge is 0.320 e. The predicted octanol–water partition coefficient (Wildman–Crippen LogP) is 1.30. The molecular formula is C9H16N4OS. The quantitative estimate of drug-likeness (QED) is 0.796. The standard InChI is InChI=1S/C9H16N4OS/c1-3-4-5-7(10)8(14)12-9-11-6(2)13-15-9/h7H,3-5,10H2,1-2H3,(H,11,12,13,14). The van der Waals surface area contributed by atoms with Crippen LogP contribution < -0.4 is 11.1 Å². The van der Waals surface area contributed by atoms with Crippen LogP contribution in [0.25, 0.3) is 0 Å². The van der Waals surface area contributed by atoms with Crippen molar-refractivity contribution in [2.24, 2.45) is 5.73 Å². The van der Waals surface area contributed by atoms with E-state index in [0.29, 0.717) is 17.4 Å². The molecule has 1 amide bonds. The summed E-state index contributed by atoms with van der Waals surface area (Å²) in [5.74, 6) is 0.483. The molecule has 15 heavy (non-hydrogen) atoms. The van der Waals surface area contributed by atoms with Crippen molar-refractivity contribution >= 4 is 22.6 Å². The van der Waals surface area contributed by atoms with Gasteiger partial charge in [-0.05, 0) is 13.3 Å². The van der Waals surface area contributed by atoms with Crippen molar-refractivity contribution in [1.29, 1.82) is 0 Å². The van der Waals surface area contributed by atoms with Gasteiger partial charge in [0.15, 0.2) is 0 Å². The van der Waals surface area contributed by atoms with E-state index in [1.165, 1.54) is 11.5 Å². The maximum atomic E-state index is 11.5. The third-order valence-electron chi connectivity index (χ3n) is 1.96. The molecule has 0 saturated carbocycles. The van der Waals surface area contributed by atoms with Crippen LogP contribution in [-0.2, 0) is 4.79 Å². The molecule has 0 aliphatic heterocycles. The van der Waals surface area contributed by atoms with Gasteiger partial charge in [0.05, 0.1) is 6.04 Å². The van der Waals surface area contributed by atoms with Crippen molar-refractivity contribution in [1.82, 2.24) is 9.36 Å². The lowest BCUT2D eigenvalue weighted by atomic mass is 10.1. The lowest BCUT2D eigenvalue weighted by Crippen LogP contribution is -2.35. The summed E-state index contributed by atoms with van der Waals surface area (Å²) in [4.78, 5) is 15.6. The zero-order valence-electron chi connectivity index (χ0n) is 8.99. The molecule has 1 rings (SSSR count). The number of aryl methyl sites for hydroxylation is 1. The molecule has 0 fully saturated rings. The number of rotatable bonds is 5. The fourth-order valence-electron chi connectivity index (χ4n) is 1.10. The van der Waals surface area contributed by atoms with Gasteiger partial charge in [-0.25, -0.2) is 4.98 Å². The molecule has 0 saturated heterocycles. The van der Waals surface area contributed by atoms with Crippen LogP contribution in [0.1, 0.15) is 32.0 Å². The van der Waals surface area contributed by atoms with Gasteiger partial charge in [0, 0.05) is 11.5 Å². The molecule has 5 nitrogen and oxygen atoms in total. The minimum atomic E-state index is -0.450. The van der Waals surface area contributed by atoms with Crippen molar-refractivity contribution < 1.29 is 4.79 Å². The Kier molecular flexibility index (Phi) is 4.64. The lowest BCUT2D eigenvalue weighted by Gasteiger charge is -2.09. The van der Waals surface area contributed by atoms with E-state index in [1.54, 1.807) is 6.92 Å². The van der Waals surface area contributed by atoms with Crippen LogP contribution in [0.2, 0.25) is 0 Å². The van der Waals surface area contributed by atoms with E-state index >= 15 is 0 Å². The number of hydrogen-bond donors (Lipinski definition) is 2. The van der Waals surface area contributed by atoms with Crippen LogP contribution in [0.15, 0.2) is 0 Å². The molecule has 0 aromatic carbocycles. The first-order chi connectivity index (χ1) is 7.13. The van der Waals surface area contributed by atoms with Crippen LogP contribution >= 0.6 is 11.5 Å². The van der Waals surface area contributed by atoms with E-state index in [2.05, 4.69) is 21.6 Å². The lowest BCUT2D eigenvalue weighted by molar-refractivity contribution is -0.117. The molecule has 0 aliphatic rings. The van der Waals surface area contributed by atoms with E-state index in [-0.39, 0.29) is 5.91 Å². The highest BCUT2D eigenvalue weighted by Crippen LogP contribution is 2.10. The first-order valence-electron chi connectivity index (χ1n) is 5.00. The normalized spacial score (nSPS) is 12.5. The van der Waals surface area contributed by atoms with Crippen molar-refractivity contribution in [2.45, 2.75) is 39.2 Å². The Hall–Kier alpha value is -1.01. The number of nitrogens with zero attached hydrogens (tertiary/aromatic N) is 2. The Morgan fingerprint density at radius 3 is 2.93 bits per heavy atom. The van der Waals surface area contributed by atoms with Crippen LogP contribution in [-0.4, -0.2) is 21.3 Å². The fraction of sp³-hybridized carbons (Fsp3) is 0.667. The molecule has 84 valence electrons. The van der Waals surface area contributed by atoms with Crippen LogP contribution in [0, 0.1) is 6.92 Å². The summed E-state index contributed by atoms with van der Waals surface area (Å²) >= 11 is 1.17. The molecule has 1 heterocycles. The van der Waals surface area contributed by atoms with E-state index in [4.69, 9.17) is 5.73 Å². The number of carbonyl (C=O) groups excluding carboxylic acids is 1. The maximum absolute atomic E-state index is 11.5. The minimum Gasteiger partial charge on any atom is -0.320 e. The third-order valence-corrected chi connectivity index (χ3v) is 2.68. The van der Waals surface area contributed by atoms with Gasteiger partial charge in [-0.2, -0.15) is 4.37 Å². The van der Waals surface area contributed by atoms with Crippen molar-refractivity contribution in [3.05, 3.63) is 5.82 Å². The Morgan fingerprint density at radius 2 is 2.40 bits per heavy atom. The zero-order valence-corrected chi connectivity index (χ0v) is 9.80. The Labute approximate surface area is 93.3 Å². The molecule has 1 atom stereocenters. The number of anilines is 1. The summed E-state index contributed by atoms with van der Waals surface area (Å²) in [5, 5.41) is 3.17. The summed E-state index contributed by atoms with van der Waals surface area (Å²) in [7, 11) is 0. The number of hydrogen-bond acceptors (Lipinski definition) is 5. The van der Waals surface area contributed by atoms with Gasteiger partial charge >= 0.3 is 0 Å². The fourth-order valence-corrected chi connectivity index (χ4v) is 1.68. The molecule has 1 aromatic rings. The number of nitrogens with one attached hydrogen (secondary N) is 1. The molecule has 0 radical (unpaired) electrons. The molecule has 1 unspecified atom stereocenters. The zero-order chi connectivity index (χ0) is 11.3. The highest BCUT2D eigenvalue weighted by molar-refractivity contribution is 7.09. The third kappa shape index (κ3) is 3.93. The molecule has 0 spiro atoms. The van der Waals surface area contributed by atoms with Crippen LogP contribution in [0.5, 0.6) is 0 Å². The number of nitrogens with two attached hydrogens (primary N) is 1.